The molecule has 1 amide bonds. The van der Waals surface area contributed by atoms with Gasteiger partial charge in [-0.15, -0.1) is 0 Å². The predicted molar refractivity (Wildman–Crippen MR) is 145 cm³/mol. The zero-order chi connectivity index (χ0) is 24.9. The van der Waals surface area contributed by atoms with Crippen LogP contribution in [0.1, 0.15) is 0 Å². The van der Waals surface area contributed by atoms with Gasteiger partial charge in [-0.1, -0.05) is 65.8 Å². The topological polar surface area (TPSA) is 73.2 Å². The summed E-state index contributed by atoms with van der Waals surface area (Å²) in [6.45, 7) is 0. The second-order valence-electron chi connectivity index (χ2n) is 7.81. The van der Waals surface area contributed by atoms with E-state index in [1.54, 1.807) is 54.6 Å². The maximum Gasteiger partial charge on any atom is 0.266 e. The van der Waals surface area contributed by atoms with Gasteiger partial charge in [0.1, 0.15) is 11.5 Å². The van der Waals surface area contributed by atoms with Crippen molar-refractivity contribution >= 4 is 45.9 Å². The third-order valence-corrected chi connectivity index (χ3v) is 6.41. The minimum Gasteiger partial charge on any atom is -0.457 e. The van der Waals surface area contributed by atoms with Crippen molar-refractivity contribution in [2.24, 2.45) is 0 Å². The summed E-state index contributed by atoms with van der Waals surface area (Å²) in [5, 5.41) is 4.27. The Hall–Kier alpha value is -4.07. The number of halogens is 1. The maximum absolute atomic E-state index is 13.3. The van der Waals surface area contributed by atoms with Gasteiger partial charge in [0, 0.05) is 16.8 Å². The third-order valence-electron chi connectivity index (χ3n) is 5.24. The Morgan fingerprint density at radius 1 is 0.889 bits per heavy atom. The van der Waals surface area contributed by atoms with Gasteiger partial charge in [0.25, 0.3) is 5.56 Å². The standard InChI is InChI=1S/C28H20ClN3O3S/c29-19-8-6-10-21(16-19)32-27(34)24-14-4-5-15-25(24)31-28(32)36-18-26(33)30-20-9-7-13-23(17-20)35-22-11-2-1-3-12-22/h1-17H,18H2,(H,30,33). The lowest BCUT2D eigenvalue weighted by Crippen LogP contribution is -2.23. The van der Waals surface area contributed by atoms with Crippen LogP contribution >= 0.6 is 23.4 Å². The molecule has 36 heavy (non-hydrogen) atoms. The highest BCUT2D eigenvalue weighted by Crippen LogP contribution is 2.25. The van der Waals surface area contributed by atoms with E-state index in [1.807, 2.05) is 48.5 Å². The highest BCUT2D eigenvalue weighted by molar-refractivity contribution is 7.99. The van der Waals surface area contributed by atoms with Crippen molar-refractivity contribution in [2.45, 2.75) is 5.16 Å². The highest BCUT2D eigenvalue weighted by atomic mass is 35.5. The molecule has 8 heteroatoms. The first-order valence-corrected chi connectivity index (χ1v) is 12.5. The van der Waals surface area contributed by atoms with Crippen LogP contribution in [0, 0.1) is 0 Å². The summed E-state index contributed by atoms with van der Waals surface area (Å²) in [6, 6.07) is 30.7. The summed E-state index contributed by atoms with van der Waals surface area (Å²) in [5.74, 6) is 1.13. The van der Waals surface area contributed by atoms with E-state index in [0.717, 1.165) is 0 Å². The van der Waals surface area contributed by atoms with E-state index in [-0.39, 0.29) is 17.2 Å². The Kier molecular flexibility index (Phi) is 7.02. The first kappa shape index (κ1) is 23.7. The molecular formula is C28H20ClN3O3S. The van der Waals surface area contributed by atoms with Gasteiger partial charge in [0.05, 0.1) is 22.3 Å². The lowest BCUT2D eigenvalue weighted by atomic mass is 10.2. The fraction of sp³-hybridized carbons (Fsp3) is 0.0357. The molecule has 0 unspecified atom stereocenters. The van der Waals surface area contributed by atoms with E-state index < -0.39 is 0 Å². The number of anilines is 1. The molecule has 0 aliphatic carbocycles. The van der Waals surface area contributed by atoms with Gasteiger partial charge < -0.3 is 10.1 Å². The Labute approximate surface area is 216 Å². The van der Waals surface area contributed by atoms with Gasteiger partial charge in [-0.25, -0.2) is 4.98 Å². The van der Waals surface area contributed by atoms with Crippen molar-refractivity contribution < 1.29 is 9.53 Å². The SMILES string of the molecule is O=C(CSc1nc2ccccc2c(=O)n1-c1cccc(Cl)c1)Nc1cccc(Oc2ccccc2)c1. The van der Waals surface area contributed by atoms with Gasteiger partial charge in [-0.05, 0) is 54.6 Å². The van der Waals surface area contributed by atoms with Crippen molar-refractivity contribution in [1.29, 1.82) is 0 Å². The van der Waals surface area contributed by atoms with E-state index in [2.05, 4.69) is 10.3 Å². The molecule has 0 spiro atoms. The van der Waals surface area contributed by atoms with E-state index >= 15 is 0 Å². The summed E-state index contributed by atoms with van der Waals surface area (Å²) in [5.41, 5.74) is 1.53. The molecule has 0 aliphatic rings. The molecule has 5 aromatic rings. The van der Waals surface area contributed by atoms with Gasteiger partial charge >= 0.3 is 0 Å². The number of fused-ring (bicyclic) bond motifs is 1. The molecule has 0 saturated heterocycles. The predicted octanol–water partition coefficient (Wildman–Crippen LogP) is 6.56. The molecule has 0 radical (unpaired) electrons. The van der Waals surface area contributed by atoms with Crippen molar-refractivity contribution in [1.82, 2.24) is 9.55 Å². The number of nitrogens with one attached hydrogen (secondary N) is 1. The molecule has 5 rings (SSSR count). The number of rotatable bonds is 7. The zero-order valence-electron chi connectivity index (χ0n) is 18.9. The molecule has 6 nitrogen and oxygen atoms in total. The number of thioether (sulfide) groups is 1. The summed E-state index contributed by atoms with van der Waals surface area (Å²) >= 11 is 7.36. The largest absolute Gasteiger partial charge is 0.457 e. The van der Waals surface area contributed by atoms with Crippen LogP contribution in [0.5, 0.6) is 11.5 Å². The van der Waals surface area contributed by atoms with Crippen molar-refractivity contribution in [3.8, 4) is 17.2 Å². The fourth-order valence-corrected chi connectivity index (χ4v) is 4.64. The highest BCUT2D eigenvalue weighted by Gasteiger charge is 2.15. The number of hydrogen-bond acceptors (Lipinski definition) is 5. The van der Waals surface area contributed by atoms with Gasteiger partial charge in [0.15, 0.2) is 5.16 Å². The van der Waals surface area contributed by atoms with E-state index in [1.165, 1.54) is 16.3 Å². The normalized spacial score (nSPS) is 10.8. The number of hydrogen-bond donors (Lipinski definition) is 1. The second kappa shape index (κ2) is 10.7. The Morgan fingerprint density at radius 2 is 1.64 bits per heavy atom. The molecule has 1 heterocycles. The molecule has 0 atom stereocenters. The number of para-hydroxylation sites is 2. The van der Waals surface area contributed by atoms with Crippen LogP contribution in [0.3, 0.4) is 0 Å². The van der Waals surface area contributed by atoms with Crippen LogP contribution in [0.15, 0.2) is 113 Å². The van der Waals surface area contributed by atoms with Gasteiger partial charge in [0.2, 0.25) is 5.91 Å². The number of carbonyl (C=O) groups excluding carboxylic acids is 1. The van der Waals surface area contributed by atoms with Crippen LogP contribution in [-0.4, -0.2) is 21.2 Å². The van der Waals surface area contributed by atoms with Crippen LogP contribution in [0.4, 0.5) is 5.69 Å². The van der Waals surface area contributed by atoms with Gasteiger partial charge in [-0.2, -0.15) is 0 Å². The average molecular weight is 514 g/mol. The van der Waals surface area contributed by atoms with Crippen LogP contribution in [0.25, 0.3) is 16.6 Å². The number of amides is 1. The fourth-order valence-electron chi connectivity index (χ4n) is 3.64. The average Bonchev–Trinajstić information content (AvgIpc) is 2.88. The maximum atomic E-state index is 13.3. The van der Waals surface area contributed by atoms with Crippen molar-refractivity contribution in [3.05, 3.63) is 119 Å². The number of nitrogens with zero attached hydrogens (tertiary/aromatic N) is 2. The zero-order valence-corrected chi connectivity index (χ0v) is 20.5. The van der Waals surface area contributed by atoms with E-state index in [9.17, 15) is 9.59 Å². The smallest absolute Gasteiger partial charge is 0.266 e. The molecule has 0 bridgehead atoms. The number of benzene rings is 4. The molecule has 178 valence electrons. The molecule has 0 fully saturated rings. The van der Waals surface area contributed by atoms with Crippen molar-refractivity contribution in [3.63, 3.8) is 0 Å². The number of ether oxygens (including phenoxy) is 1. The lowest BCUT2D eigenvalue weighted by Gasteiger charge is -2.13. The van der Waals surface area contributed by atoms with E-state index in [4.69, 9.17) is 16.3 Å². The van der Waals surface area contributed by atoms with Crippen LogP contribution in [-0.2, 0) is 4.79 Å². The van der Waals surface area contributed by atoms with Crippen molar-refractivity contribution in [2.75, 3.05) is 11.1 Å². The lowest BCUT2D eigenvalue weighted by molar-refractivity contribution is -0.113. The molecular weight excluding hydrogens is 494 g/mol. The Balaban J connectivity index is 1.36. The molecule has 1 aromatic heterocycles. The molecule has 0 saturated carbocycles. The number of aromatic nitrogens is 2. The van der Waals surface area contributed by atoms with Crippen LogP contribution in [0.2, 0.25) is 5.02 Å². The van der Waals surface area contributed by atoms with Crippen LogP contribution < -0.4 is 15.6 Å². The first-order valence-electron chi connectivity index (χ1n) is 11.1. The Bertz CT molecular complexity index is 1610. The molecule has 0 aliphatic heterocycles. The molecule has 1 N–H and O–H groups in total. The van der Waals surface area contributed by atoms with Gasteiger partial charge in [-0.3, -0.25) is 14.2 Å². The summed E-state index contributed by atoms with van der Waals surface area (Å²) in [6.07, 6.45) is 0. The minimum absolute atomic E-state index is 0.0507. The number of carbonyl (C=O) groups is 1. The van der Waals surface area contributed by atoms with E-state index in [0.29, 0.717) is 44.0 Å². The first-order chi connectivity index (χ1) is 17.6. The summed E-state index contributed by atoms with van der Waals surface area (Å²) in [4.78, 5) is 30.8. The minimum atomic E-state index is -0.239. The third kappa shape index (κ3) is 5.43. The second-order valence-corrected chi connectivity index (χ2v) is 9.19. The summed E-state index contributed by atoms with van der Waals surface area (Å²) in [7, 11) is 0. The molecule has 4 aromatic carbocycles. The summed E-state index contributed by atoms with van der Waals surface area (Å²) < 4.78 is 7.33. The quantitative estimate of drug-likeness (QED) is 0.197. The monoisotopic (exact) mass is 513 g/mol. The Morgan fingerprint density at radius 3 is 2.47 bits per heavy atom.